The summed E-state index contributed by atoms with van der Waals surface area (Å²) in [6, 6.07) is 13.6. The van der Waals surface area contributed by atoms with E-state index in [-0.39, 0.29) is 5.91 Å². The smallest absolute Gasteiger partial charge is 0.255 e. The van der Waals surface area contributed by atoms with Crippen LogP contribution in [0.4, 0.5) is 5.69 Å². The standard InChI is InChI=1S/C20H23ClN2O/c1-14-3-4-17(13-19(14)21)20(24)22-18-7-5-15(6-8-18)16-9-11-23(2)12-10-16/h3-8,13,16H,9-12H2,1-2H3,(H,22,24). The first-order valence-electron chi connectivity index (χ1n) is 8.39. The molecule has 0 bridgehead atoms. The van der Waals surface area contributed by atoms with Crippen molar-refractivity contribution in [2.45, 2.75) is 25.7 Å². The Bertz CT molecular complexity index is 719. The lowest BCUT2D eigenvalue weighted by Gasteiger charge is -2.29. The van der Waals surface area contributed by atoms with Crippen molar-refractivity contribution in [3.8, 4) is 0 Å². The van der Waals surface area contributed by atoms with Crippen LogP contribution in [0.3, 0.4) is 0 Å². The van der Waals surface area contributed by atoms with Gasteiger partial charge in [-0.05, 0) is 81.2 Å². The summed E-state index contributed by atoms with van der Waals surface area (Å²) in [5.41, 5.74) is 3.72. The number of amides is 1. The van der Waals surface area contributed by atoms with E-state index in [4.69, 9.17) is 11.6 Å². The molecule has 0 saturated carbocycles. The van der Waals surface area contributed by atoms with E-state index in [0.29, 0.717) is 16.5 Å². The van der Waals surface area contributed by atoms with Crippen LogP contribution in [-0.2, 0) is 0 Å². The fourth-order valence-electron chi connectivity index (χ4n) is 3.12. The Balaban J connectivity index is 1.65. The maximum atomic E-state index is 12.3. The van der Waals surface area contributed by atoms with E-state index >= 15 is 0 Å². The Morgan fingerprint density at radius 2 is 1.79 bits per heavy atom. The van der Waals surface area contributed by atoms with Gasteiger partial charge < -0.3 is 10.2 Å². The number of halogens is 1. The number of nitrogens with one attached hydrogen (secondary N) is 1. The highest BCUT2D eigenvalue weighted by molar-refractivity contribution is 6.31. The number of hydrogen-bond acceptors (Lipinski definition) is 2. The van der Waals surface area contributed by atoms with Gasteiger partial charge in [0.05, 0.1) is 0 Å². The maximum Gasteiger partial charge on any atom is 0.255 e. The molecule has 3 nitrogen and oxygen atoms in total. The highest BCUT2D eigenvalue weighted by Gasteiger charge is 2.18. The highest BCUT2D eigenvalue weighted by Crippen LogP contribution is 2.28. The van der Waals surface area contributed by atoms with Crippen molar-refractivity contribution < 1.29 is 4.79 Å². The summed E-state index contributed by atoms with van der Waals surface area (Å²) in [7, 11) is 2.17. The van der Waals surface area contributed by atoms with Crippen LogP contribution in [-0.4, -0.2) is 30.9 Å². The van der Waals surface area contributed by atoms with Crippen molar-refractivity contribution >= 4 is 23.2 Å². The molecule has 1 saturated heterocycles. The molecule has 3 rings (SSSR count). The maximum absolute atomic E-state index is 12.3. The second-order valence-corrected chi connectivity index (χ2v) is 7.02. The van der Waals surface area contributed by atoms with Crippen LogP contribution in [0.15, 0.2) is 42.5 Å². The topological polar surface area (TPSA) is 32.3 Å². The van der Waals surface area contributed by atoms with E-state index < -0.39 is 0 Å². The number of carbonyl (C=O) groups is 1. The molecule has 0 atom stereocenters. The van der Waals surface area contributed by atoms with Gasteiger partial charge in [-0.15, -0.1) is 0 Å². The monoisotopic (exact) mass is 342 g/mol. The van der Waals surface area contributed by atoms with Gasteiger partial charge in [0.25, 0.3) is 5.91 Å². The zero-order chi connectivity index (χ0) is 17.1. The predicted octanol–water partition coefficient (Wildman–Crippen LogP) is 4.71. The Labute approximate surface area is 148 Å². The SMILES string of the molecule is Cc1ccc(C(=O)Nc2ccc(C3CCN(C)CC3)cc2)cc1Cl. The third-order valence-electron chi connectivity index (χ3n) is 4.79. The molecule has 1 aliphatic heterocycles. The average molecular weight is 343 g/mol. The summed E-state index contributed by atoms with van der Waals surface area (Å²) >= 11 is 6.09. The van der Waals surface area contributed by atoms with Crippen molar-refractivity contribution in [3.63, 3.8) is 0 Å². The molecule has 126 valence electrons. The average Bonchev–Trinajstić information content (AvgIpc) is 2.59. The fourth-order valence-corrected chi connectivity index (χ4v) is 3.30. The number of rotatable bonds is 3. The first-order valence-corrected chi connectivity index (χ1v) is 8.77. The van der Waals surface area contributed by atoms with Gasteiger partial charge in [-0.3, -0.25) is 4.79 Å². The van der Waals surface area contributed by atoms with Gasteiger partial charge in [-0.1, -0.05) is 29.8 Å². The van der Waals surface area contributed by atoms with Gasteiger partial charge in [-0.2, -0.15) is 0 Å². The van der Waals surface area contributed by atoms with E-state index in [9.17, 15) is 4.79 Å². The van der Waals surface area contributed by atoms with Crippen molar-refractivity contribution in [3.05, 3.63) is 64.2 Å². The van der Waals surface area contributed by atoms with E-state index in [1.807, 2.05) is 25.1 Å². The Kier molecular flexibility index (Phi) is 5.22. The molecule has 1 heterocycles. The van der Waals surface area contributed by atoms with Crippen LogP contribution in [0, 0.1) is 6.92 Å². The van der Waals surface area contributed by atoms with Gasteiger partial charge >= 0.3 is 0 Å². The van der Waals surface area contributed by atoms with E-state index in [2.05, 4.69) is 29.4 Å². The summed E-state index contributed by atoms with van der Waals surface area (Å²) in [6.45, 7) is 4.22. The van der Waals surface area contributed by atoms with Gasteiger partial charge in [0.2, 0.25) is 0 Å². The third-order valence-corrected chi connectivity index (χ3v) is 5.20. The molecule has 1 fully saturated rings. The molecule has 2 aromatic rings. The second-order valence-electron chi connectivity index (χ2n) is 6.62. The zero-order valence-electron chi connectivity index (χ0n) is 14.2. The van der Waals surface area contributed by atoms with E-state index in [1.165, 1.54) is 18.4 Å². The molecular weight excluding hydrogens is 320 g/mol. The van der Waals surface area contributed by atoms with Crippen LogP contribution < -0.4 is 5.32 Å². The molecule has 1 aliphatic rings. The largest absolute Gasteiger partial charge is 0.322 e. The molecule has 0 radical (unpaired) electrons. The van der Waals surface area contributed by atoms with Crippen LogP contribution in [0.2, 0.25) is 5.02 Å². The number of nitrogens with zero attached hydrogens (tertiary/aromatic N) is 1. The first-order chi connectivity index (χ1) is 11.5. The summed E-state index contributed by atoms with van der Waals surface area (Å²) in [4.78, 5) is 14.7. The number of aryl methyl sites for hydroxylation is 1. The second kappa shape index (κ2) is 7.37. The third kappa shape index (κ3) is 3.97. The summed E-state index contributed by atoms with van der Waals surface area (Å²) in [5, 5.41) is 3.55. The quantitative estimate of drug-likeness (QED) is 0.876. The van der Waals surface area contributed by atoms with Crippen LogP contribution in [0.5, 0.6) is 0 Å². The minimum absolute atomic E-state index is 0.135. The van der Waals surface area contributed by atoms with Crippen LogP contribution >= 0.6 is 11.6 Å². The molecule has 1 amide bonds. The summed E-state index contributed by atoms with van der Waals surface area (Å²) in [5.74, 6) is 0.491. The minimum Gasteiger partial charge on any atom is -0.322 e. The summed E-state index contributed by atoms with van der Waals surface area (Å²) in [6.07, 6.45) is 2.40. The van der Waals surface area contributed by atoms with Crippen LogP contribution in [0.25, 0.3) is 0 Å². The molecule has 2 aromatic carbocycles. The lowest BCUT2D eigenvalue weighted by atomic mass is 9.89. The number of anilines is 1. The Morgan fingerprint density at radius 1 is 1.12 bits per heavy atom. The molecule has 0 aromatic heterocycles. The van der Waals surface area contributed by atoms with Crippen molar-refractivity contribution in [2.24, 2.45) is 0 Å². The van der Waals surface area contributed by atoms with Crippen molar-refractivity contribution in [1.82, 2.24) is 4.90 Å². The predicted molar refractivity (Wildman–Crippen MR) is 100 cm³/mol. The van der Waals surface area contributed by atoms with Gasteiger partial charge in [-0.25, -0.2) is 0 Å². The Hall–Kier alpha value is -1.84. The lowest BCUT2D eigenvalue weighted by molar-refractivity contribution is 0.102. The molecular formula is C20H23ClN2O. The van der Waals surface area contributed by atoms with Gasteiger partial charge in [0, 0.05) is 16.3 Å². The number of likely N-dealkylation sites (tertiary alicyclic amines) is 1. The number of carbonyl (C=O) groups excluding carboxylic acids is 1. The molecule has 0 unspecified atom stereocenters. The molecule has 4 heteroatoms. The number of benzene rings is 2. The molecule has 24 heavy (non-hydrogen) atoms. The van der Waals surface area contributed by atoms with E-state index in [0.717, 1.165) is 24.3 Å². The van der Waals surface area contributed by atoms with Crippen LogP contribution in [0.1, 0.15) is 40.2 Å². The fraction of sp³-hybridized carbons (Fsp3) is 0.350. The summed E-state index contributed by atoms with van der Waals surface area (Å²) < 4.78 is 0. The normalized spacial score (nSPS) is 16.1. The van der Waals surface area contributed by atoms with E-state index in [1.54, 1.807) is 12.1 Å². The molecule has 0 aliphatic carbocycles. The number of hydrogen-bond donors (Lipinski definition) is 1. The minimum atomic E-state index is -0.135. The highest BCUT2D eigenvalue weighted by atomic mass is 35.5. The molecule has 1 N–H and O–H groups in total. The van der Waals surface area contributed by atoms with Crippen molar-refractivity contribution in [2.75, 3.05) is 25.5 Å². The van der Waals surface area contributed by atoms with Gasteiger partial charge in [0.15, 0.2) is 0 Å². The van der Waals surface area contributed by atoms with Gasteiger partial charge in [0.1, 0.15) is 0 Å². The Morgan fingerprint density at radius 3 is 2.42 bits per heavy atom. The lowest BCUT2D eigenvalue weighted by Crippen LogP contribution is -2.29. The zero-order valence-corrected chi connectivity index (χ0v) is 14.9. The first kappa shape index (κ1) is 17.0. The van der Waals surface area contributed by atoms with Crippen molar-refractivity contribution in [1.29, 1.82) is 0 Å². The molecule has 0 spiro atoms. The number of piperidine rings is 1.